The van der Waals surface area contributed by atoms with E-state index < -0.39 is 0 Å². The molecule has 0 aromatic heterocycles. The van der Waals surface area contributed by atoms with Crippen molar-refractivity contribution in [1.82, 2.24) is 5.32 Å². The first-order valence-corrected chi connectivity index (χ1v) is 8.59. The molecule has 1 aliphatic rings. The van der Waals surface area contributed by atoms with E-state index in [4.69, 9.17) is 4.74 Å². The third-order valence-electron chi connectivity index (χ3n) is 4.44. The van der Waals surface area contributed by atoms with Gasteiger partial charge in [-0.05, 0) is 42.7 Å². The van der Waals surface area contributed by atoms with E-state index in [0.717, 1.165) is 30.7 Å². The van der Waals surface area contributed by atoms with Gasteiger partial charge in [0.25, 0.3) is 0 Å². The second-order valence-corrected chi connectivity index (χ2v) is 6.30. The fourth-order valence-electron chi connectivity index (χ4n) is 3.01. The summed E-state index contributed by atoms with van der Waals surface area (Å²) < 4.78 is 19.9. The third-order valence-corrected chi connectivity index (χ3v) is 4.44. The predicted molar refractivity (Wildman–Crippen MR) is 96.3 cm³/mol. The minimum absolute atomic E-state index is 0.0265. The van der Waals surface area contributed by atoms with Crippen molar-refractivity contribution in [3.05, 3.63) is 59.9 Å². The molecule has 4 nitrogen and oxygen atoms in total. The van der Waals surface area contributed by atoms with Gasteiger partial charge in [-0.25, -0.2) is 4.39 Å². The Balaban J connectivity index is 1.59. The molecule has 3 rings (SSSR count). The van der Waals surface area contributed by atoms with Crippen molar-refractivity contribution in [1.29, 1.82) is 0 Å². The Kier molecular flexibility index (Phi) is 5.66. The molecule has 0 spiro atoms. The largest absolute Gasteiger partial charge is 0.378 e. The smallest absolute Gasteiger partial charge is 0.222 e. The van der Waals surface area contributed by atoms with Gasteiger partial charge in [0.1, 0.15) is 5.82 Å². The average molecular weight is 342 g/mol. The lowest BCUT2D eigenvalue weighted by Gasteiger charge is -2.20. The van der Waals surface area contributed by atoms with Crippen LogP contribution in [0.1, 0.15) is 24.8 Å². The van der Waals surface area contributed by atoms with Crippen LogP contribution in [0.4, 0.5) is 15.8 Å². The molecule has 1 heterocycles. The number of carbonyl (C=O) groups is 1. The van der Waals surface area contributed by atoms with Crippen LogP contribution in [-0.2, 0) is 16.1 Å². The number of para-hydroxylation sites is 1. The van der Waals surface area contributed by atoms with E-state index in [1.165, 1.54) is 6.07 Å². The van der Waals surface area contributed by atoms with Gasteiger partial charge in [0.2, 0.25) is 5.91 Å². The van der Waals surface area contributed by atoms with Crippen molar-refractivity contribution < 1.29 is 13.9 Å². The summed E-state index contributed by atoms with van der Waals surface area (Å²) in [6.45, 7) is 1.05. The van der Waals surface area contributed by atoms with Crippen molar-refractivity contribution in [3.8, 4) is 0 Å². The number of ether oxygens (including phenoxy) is 1. The van der Waals surface area contributed by atoms with E-state index in [-0.39, 0.29) is 17.8 Å². The number of halogens is 1. The molecule has 0 radical (unpaired) electrons. The number of carbonyl (C=O) groups excluding carboxylic acids is 1. The number of hydrogen-bond donors (Lipinski definition) is 1. The van der Waals surface area contributed by atoms with Crippen molar-refractivity contribution in [2.24, 2.45) is 0 Å². The van der Waals surface area contributed by atoms with Crippen LogP contribution in [0, 0.1) is 5.82 Å². The number of nitrogens with one attached hydrogen (secondary N) is 1. The Morgan fingerprint density at radius 2 is 2.08 bits per heavy atom. The Bertz CT molecular complexity index is 715. The number of amides is 1. The van der Waals surface area contributed by atoms with E-state index in [9.17, 15) is 9.18 Å². The molecule has 0 aliphatic carbocycles. The van der Waals surface area contributed by atoms with Gasteiger partial charge in [-0.1, -0.05) is 24.3 Å². The summed E-state index contributed by atoms with van der Waals surface area (Å²) >= 11 is 0. The summed E-state index contributed by atoms with van der Waals surface area (Å²) in [5.74, 6) is -0.366. The Labute approximate surface area is 147 Å². The lowest BCUT2D eigenvalue weighted by atomic mass is 10.1. The number of nitrogens with zero attached hydrogens (tertiary/aromatic N) is 1. The topological polar surface area (TPSA) is 41.6 Å². The monoisotopic (exact) mass is 342 g/mol. The van der Waals surface area contributed by atoms with Gasteiger partial charge < -0.3 is 15.0 Å². The molecule has 1 N–H and O–H groups in total. The number of hydrogen-bond acceptors (Lipinski definition) is 3. The molecular formula is C20H23FN2O2. The zero-order valence-corrected chi connectivity index (χ0v) is 14.4. The molecule has 5 heteroatoms. The van der Waals surface area contributed by atoms with Gasteiger partial charge in [0, 0.05) is 25.9 Å². The molecule has 0 unspecified atom stereocenters. The zero-order chi connectivity index (χ0) is 17.6. The van der Waals surface area contributed by atoms with Gasteiger partial charge in [0.05, 0.1) is 18.2 Å². The Hall–Kier alpha value is -2.40. The predicted octanol–water partition coefficient (Wildman–Crippen LogP) is 3.78. The molecule has 1 amide bonds. The molecule has 0 saturated carbocycles. The second-order valence-electron chi connectivity index (χ2n) is 6.30. The maximum absolute atomic E-state index is 14.5. The van der Waals surface area contributed by atoms with Crippen LogP contribution in [0.25, 0.3) is 0 Å². The van der Waals surface area contributed by atoms with Crippen molar-refractivity contribution in [3.63, 3.8) is 0 Å². The molecule has 132 valence electrons. The SMILES string of the molecule is CN(c1ccccc1)c1ccc(CNC(=O)C[C@@H]2CCCO2)cc1F. The first kappa shape index (κ1) is 17.4. The fourth-order valence-corrected chi connectivity index (χ4v) is 3.01. The Morgan fingerprint density at radius 1 is 1.28 bits per heavy atom. The van der Waals surface area contributed by atoms with E-state index in [1.807, 2.05) is 43.4 Å². The van der Waals surface area contributed by atoms with Crippen LogP contribution in [0.3, 0.4) is 0 Å². The maximum atomic E-state index is 14.5. The number of benzene rings is 2. The lowest BCUT2D eigenvalue weighted by molar-refractivity contribution is -0.123. The molecule has 1 saturated heterocycles. The zero-order valence-electron chi connectivity index (χ0n) is 14.4. The maximum Gasteiger partial charge on any atom is 0.222 e. The summed E-state index contributed by atoms with van der Waals surface area (Å²) in [5, 5.41) is 2.83. The van der Waals surface area contributed by atoms with Crippen LogP contribution < -0.4 is 10.2 Å². The molecule has 1 aliphatic heterocycles. The van der Waals surface area contributed by atoms with Crippen LogP contribution in [-0.4, -0.2) is 25.7 Å². The van der Waals surface area contributed by atoms with E-state index in [0.29, 0.717) is 18.7 Å². The standard InChI is InChI=1S/C20H23FN2O2/c1-23(16-6-3-2-4-7-16)19-10-9-15(12-18(19)21)14-22-20(24)13-17-8-5-11-25-17/h2-4,6-7,9-10,12,17H,5,8,11,13-14H2,1H3,(H,22,24)/t17-/m0/s1. The minimum Gasteiger partial charge on any atom is -0.378 e. The summed E-state index contributed by atoms with van der Waals surface area (Å²) in [6.07, 6.45) is 2.35. The van der Waals surface area contributed by atoms with Crippen molar-refractivity contribution >= 4 is 17.3 Å². The quantitative estimate of drug-likeness (QED) is 0.869. The van der Waals surface area contributed by atoms with Crippen molar-refractivity contribution in [2.45, 2.75) is 31.9 Å². The second kappa shape index (κ2) is 8.12. The highest BCUT2D eigenvalue weighted by molar-refractivity contribution is 5.76. The minimum atomic E-state index is -0.308. The first-order valence-electron chi connectivity index (χ1n) is 8.59. The normalized spacial score (nSPS) is 16.6. The highest BCUT2D eigenvalue weighted by Crippen LogP contribution is 2.26. The average Bonchev–Trinajstić information content (AvgIpc) is 3.13. The third kappa shape index (κ3) is 4.57. The number of rotatable bonds is 6. The highest BCUT2D eigenvalue weighted by Gasteiger charge is 2.19. The van der Waals surface area contributed by atoms with Crippen molar-refractivity contribution in [2.75, 3.05) is 18.6 Å². The summed E-state index contributed by atoms with van der Waals surface area (Å²) in [5.41, 5.74) is 2.16. The van der Waals surface area contributed by atoms with Crippen LogP contribution in [0.2, 0.25) is 0 Å². The molecule has 2 aromatic carbocycles. The molecular weight excluding hydrogens is 319 g/mol. The first-order chi connectivity index (χ1) is 12.1. The van der Waals surface area contributed by atoms with Gasteiger partial charge in [-0.15, -0.1) is 0 Å². The Morgan fingerprint density at radius 3 is 2.76 bits per heavy atom. The molecule has 2 aromatic rings. The number of anilines is 2. The summed E-state index contributed by atoms with van der Waals surface area (Å²) in [4.78, 5) is 13.7. The van der Waals surface area contributed by atoms with Gasteiger partial charge in [0.15, 0.2) is 0 Å². The van der Waals surface area contributed by atoms with Crippen LogP contribution in [0.15, 0.2) is 48.5 Å². The molecule has 1 fully saturated rings. The van der Waals surface area contributed by atoms with E-state index in [2.05, 4.69) is 5.32 Å². The van der Waals surface area contributed by atoms with Gasteiger partial charge in [-0.3, -0.25) is 4.79 Å². The molecule has 25 heavy (non-hydrogen) atoms. The van der Waals surface area contributed by atoms with Gasteiger partial charge in [-0.2, -0.15) is 0 Å². The highest BCUT2D eigenvalue weighted by atomic mass is 19.1. The van der Waals surface area contributed by atoms with E-state index >= 15 is 0 Å². The molecule has 0 bridgehead atoms. The fraction of sp³-hybridized carbons (Fsp3) is 0.350. The van der Waals surface area contributed by atoms with Gasteiger partial charge >= 0.3 is 0 Å². The molecule has 1 atom stereocenters. The summed E-state index contributed by atoms with van der Waals surface area (Å²) in [7, 11) is 1.83. The lowest BCUT2D eigenvalue weighted by Crippen LogP contribution is -2.26. The summed E-state index contributed by atoms with van der Waals surface area (Å²) in [6, 6.07) is 14.7. The van der Waals surface area contributed by atoms with Crippen LogP contribution in [0.5, 0.6) is 0 Å². The van der Waals surface area contributed by atoms with E-state index in [1.54, 1.807) is 11.0 Å². The van der Waals surface area contributed by atoms with Crippen LogP contribution >= 0.6 is 0 Å².